The van der Waals surface area contributed by atoms with Crippen molar-refractivity contribution in [1.82, 2.24) is 19.9 Å². The molecule has 0 bridgehead atoms. The maximum absolute atomic E-state index is 4.68. The van der Waals surface area contributed by atoms with E-state index < -0.39 is 0 Å². The number of aromatic nitrogens is 4. The molecular formula is C19H22N6. The highest BCUT2D eigenvalue weighted by Gasteiger charge is 2.19. The average molecular weight is 334 g/mol. The Hall–Kier alpha value is -2.76. The van der Waals surface area contributed by atoms with E-state index in [2.05, 4.69) is 42.7 Å². The second-order valence-electron chi connectivity index (χ2n) is 6.51. The van der Waals surface area contributed by atoms with Crippen LogP contribution < -0.4 is 9.80 Å². The van der Waals surface area contributed by atoms with E-state index in [0.29, 0.717) is 0 Å². The van der Waals surface area contributed by atoms with Crippen molar-refractivity contribution in [3.05, 3.63) is 48.2 Å². The van der Waals surface area contributed by atoms with Crippen LogP contribution in [0.25, 0.3) is 11.0 Å². The summed E-state index contributed by atoms with van der Waals surface area (Å²) < 4.78 is 0. The third kappa shape index (κ3) is 3.12. The molecule has 0 unspecified atom stereocenters. The molecule has 1 saturated heterocycles. The maximum atomic E-state index is 4.68. The van der Waals surface area contributed by atoms with Gasteiger partial charge >= 0.3 is 0 Å². The van der Waals surface area contributed by atoms with Crippen molar-refractivity contribution in [2.75, 3.05) is 36.0 Å². The Morgan fingerprint density at radius 2 is 1.76 bits per heavy atom. The highest BCUT2D eigenvalue weighted by Crippen LogP contribution is 2.25. The SMILES string of the molecule is Cc1ccc2ncnc(N3CCCN(c4ccncc4C)CC3)c2n1. The van der Waals surface area contributed by atoms with Gasteiger partial charge < -0.3 is 9.80 Å². The fraction of sp³-hybridized carbons (Fsp3) is 0.368. The topological polar surface area (TPSA) is 58.0 Å². The quantitative estimate of drug-likeness (QED) is 0.718. The molecule has 0 atom stereocenters. The molecule has 0 amide bonds. The van der Waals surface area contributed by atoms with Crippen LogP contribution in [0.15, 0.2) is 36.9 Å². The molecule has 128 valence electrons. The Bertz CT molecular complexity index is 894. The van der Waals surface area contributed by atoms with Gasteiger partial charge in [0.05, 0.1) is 5.52 Å². The molecular weight excluding hydrogens is 312 g/mol. The first kappa shape index (κ1) is 15.7. The fourth-order valence-corrected chi connectivity index (χ4v) is 3.45. The Balaban J connectivity index is 1.61. The van der Waals surface area contributed by atoms with Crippen LogP contribution in [0.1, 0.15) is 17.7 Å². The van der Waals surface area contributed by atoms with Crippen molar-refractivity contribution in [2.24, 2.45) is 0 Å². The van der Waals surface area contributed by atoms with Gasteiger partial charge in [0.25, 0.3) is 0 Å². The smallest absolute Gasteiger partial charge is 0.158 e. The zero-order valence-electron chi connectivity index (χ0n) is 14.7. The van der Waals surface area contributed by atoms with Gasteiger partial charge in [-0.3, -0.25) is 4.98 Å². The normalized spacial score (nSPS) is 15.4. The van der Waals surface area contributed by atoms with Crippen LogP contribution in [-0.2, 0) is 0 Å². The fourth-order valence-electron chi connectivity index (χ4n) is 3.45. The van der Waals surface area contributed by atoms with E-state index in [1.165, 1.54) is 11.3 Å². The molecule has 25 heavy (non-hydrogen) atoms. The Morgan fingerprint density at radius 1 is 0.920 bits per heavy atom. The van der Waals surface area contributed by atoms with E-state index in [4.69, 9.17) is 0 Å². The lowest BCUT2D eigenvalue weighted by Crippen LogP contribution is -2.31. The molecule has 0 saturated carbocycles. The minimum Gasteiger partial charge on any atom is -0.369 e. The summed E-state index contributed by atoms with van der Waals surface area (Å²) in [5.74, 6) is 0.946. The summed E-state index contributed by atoms with van der Waals surface area (Å²) in [6.07, 6.45) is 6.53. The maximum Gasteiger partial charge on any atom is 0.158 e. The van der Waals surface area contributed by atoms with Crippen LogP contribution in [0.4, 0.5) is 11.5 Å². The summed E-state index contributed by atoms with van der Waals surface area (Å²) in [6.45, 7) is 8.02. The van der Waals surface area contributed by atoms with E-state index in [0.717, 1.165) is 55.1 Å². The van der Waals surface area contributed by atoms with Crippen LogP contribution >= 0.6 is 0 Å². The summed E-state index contributed by atoms with van der Waals surface area (Å²) >= 11 is 0. The van der Waals surface area contributed by atoms with Gasteiger partial charge in [0.2, 0.25) is 0 Å². The molecule has 0 aromatic carbocycles. The molecule has 1 aliphatic rings. The van der Waals surface area contributed by atoms with Crippen molar-refractivity contribution in [1.29, 1.82) is 0 Å². The first-order valence-electron chi connectivity index (χ1n) is 8.71. The Morgan fingerprint density at radius 3 is 2.64 bits per heavy atom. The molecule has 1 fully saturated rings. The summed E-state index contributed by atoms with van der Waals surface area (Å²) in [4.78, 5) is 22.6. The number of aryl methyl sites for hydroxylation is 2. The lowest BCUT2D eigenvalue weighted by molar-refractivity contribution is 0.797. The third-order valence-electron chi connectivity index (χ3n) is 4.73. The first-order chi connectivity index (χ1) is 12.2. The Kier molecular flexibility index (Phi) is 4.17. The highest BCUT2D eigenvalue weighted by molar-refractivity contribution is 5.85. The van der Waals surface area contributed by atoms with Crippen molar-refractivity contribution in [3.63, 3.8) is 0 Å². The number of fused-ring (bicyclic) bond motifs is 1. The third-order valence-corrected chi connectivity index (χ3v) is 4.73. The van der Waals surface area contributed by atoms with Gasteiger partial charge in [-0.25, -0.2) is 15.0 Å². The molecule has 0 N–H and O–H groups in total. The van der Waals surface area contributed by atoms with Crippen LogP contribution in [0.2, 0.25) is 0 Å². The number of anilines is 2. The van der Waals surface area contributed by atoms with Gasteiger partial charge in [-0.15, -0.1) is 0 Å². The molecule has 0 spiro atoms. The number of pyridine rings is 2. The van der Waals surface area contributed by atoms with E-state index in [1.54, 1.807) is 6.33 Å². The van der Waals surface area contributed by atoms with Gasteiger partial charge in [-0.1, -0.05) is 0 Å². The summed E-state index contributed by atoms with van der Waals surface area (Å²) in [5, 5.41) is 0. The first-order valence-corrected chi connectivity index (χ1v) is 8.71. The molecule has 6 heteroatoms. The van der Waals surface area contributed by atoms with Crippen molar-refractivity contribution >= 4 is 22.5 Å². The second-order valence-corrected chi connectivity index (χ2v) is 6.51. The van der Waals surface area contributed by atoms with E-state index in [-0.39, 0.29) is 0 Å². The summed E-state index contributed by atoms with van der Waals surface area (Å²) in [5.41, 5.74) is 5.30. The van der Waals surface area contributed by atoms with E-state index >= 15 is 0 Å². The van der Waals surface area contributed by atoms with Gasteiger partial charge in [0.15, 0.2) is 5.82 Å². The minimum absolute atomic E-state index is 0.899. The van der Waals surface area contributed by atoms with Gasteiger partial charge in [-0.2, -0.15) is 0 Å². The second kappa shape index (κ2) is 6.63. The molecule has 4 heterocycles. The largest absolute Gasteiger partial charge is 0.369 e. The summed E-state index contributed by atoms with van der Waals surface area (Å²) in [7, 11) is 0. The molecule has 6 nitrogen and oxygen atoms in total. The predicted molar refractivity (Wildman–Crippen MR) is 100 cm³/mol. The van der Waals surface area contributed by atoms with Crippen molar-refractivity contribution in [3.8, 4) is 0 Å². The van der Waals surface area contributed by atoms with E-state index in [1.807, 2.05) is 31.5 Å². The van der Waals surface area contributed by atoms with Crippen LogP contribution in [0.3, 0.4) is 0 Å². The van der Waals surface area contributed by atoms with Gasteiger partial charge in [0, 0.05) is 50.0 Å². The van der Waals surface area contributed by atoms with E-state index in [9.17, 15) is 0 Å². The lowest BCUT2D eigenvalue weighted by Gasteiger charge is -2.25. The van der Waals surface area contributed by atoms with Crippen molar-refractivity contribution < 1.29 is 0 Å². The molecule has 4 rings (SSSR count). The van der Waals surface area contributed by atoms with Gasteiger partial charge in [0.1, 0.15) is 11.8 Å². The highest BCUT2D eigenvalue weighted by atomic mass is 15.3. The number of nitrogens with zero attached hydrogens (tertiary/aromatic N) is 6. The molecule has 0 radical (unpaired) electrons. The predicted octanol–water partition coefficient (Wildman–Crippen LogP) is 2.75. The monoisotopic (exact) mass is 334 g/mol. The average Bonchev–Trinajstić information content (AvgIpc) is 2.87. The molecule has 1 aliphatic heterocycles. The minimum atomic E-state index is 0.899. The van der Waals surface area contributed by atoms with Crippen LogP contribution in [0, 0.1) is 13.8 Å². The zero-order chi connectivity index (χ0) is 17.2. The number of hydrogen-bond acceptors (Lipinski definition) is 6. The van der Waals surface area contributed by atoms with Crippen LogP contribution in [-0.4, -0.2) is 46.1 Å². The molecule has 0 aliphatic carbocycles. The zero-order valence-corrected chi connectivity index (χ0v) is 14.7. The molecule has 3 aromatic heterocycles. The number of hydrogen-bond donors (Lipinski definition) is 0. The lowest BCUT2D eigenvalue weighted by atomic mass is 10.2. The van der Waals surface area contributed by atoms with Crippen molar-refractivity contribution in [2.45, 2.75) is 20.3 Å². The van der Waals surface area contributed by atoms with Crippen LogP contribution in [0.5, 0.6) is 0 Å². The summed E-state index contributed by atoms with van der Waals surface area (Å²) in [6, 6.07) is 6.12. The molecule has 3 aromatic rings. The number of rotatable bonds is 2. The standard InChI is InChI=1S/C19H22N6/c1-14-12-20-7-6-17(14)24-8-3-9-25(11-10-24)19-18-16(21-13-22-19)5-4-15(2)23-18/h4-7,12-13H,3,8-11H2,1-2H3. The Labute approximate surface area is 147 Å². The van der Waals surface area contributed by atoms with Gasteiger partial charge in [-0.05, 0) is 44.0 Å².